The molecule has 1 amide bonds. The third kappa shape index (κ3) is 2.57. The zero-order valence-corrected chi connectivity index (χ0v) is 12.2. The van der Waals surface area contributed by atoms with E-state index >= 15 is 0 Å². The number of hydrogen-bond acceptors (Lipinski definition) is 4. The number of nitrogens with one attached hydrogen (secondary N) is 1. The molecule has 0 spiro atoms. The van der Waals surface area contributed by atoms with Gasteiger partial charge in [0.25, 0.3) is 11.5 Å². The van der Waals surface area contributed by atoms with Crippen LogP contribution in [0.15, 0.2) is 46.6 Å². The Morgan fingerprint density at radius 2 is 2.10 bits per heavy atom. The van der Waals surface area contributed by atoms with E-state index in [4.69, 9.17) is 0 Å². The van der Waals surface area contributed by atoms with Crippen LogP contribution in [-0.4, -0.2) is 15.5 Å². The molecule has 0 saturated heterocycles. The van der Waals surface area contributed by atoms with Gasteiger partial charge in [0.05, 0.1) is 22.3 Å². The molecular formula is C15H13N3O2S. The van der Waals surface area contributed by atoms with Crippen LogP contribution in [0.1, 0.15) is 15.5 Å². The number of amides is 1. The summed E-state index contributed by atoms with van der Waals surface area (Å²) in [5.74, 6) is 0.371. The van der Waals surface area contributed by atoms with E-state index in [0.29, 0.717) is 21.6 Å². The Morgan fingerprint density at radius 1 is 1.29 bits per heavy atom. The molecule has 0 bridgehead atoms. The van der Waals surface area contributed by atoms with Gasteiger partial charge in [0, 0.05) is 7.05 Å². The third-order valence-corrected chi connectivity index (χ3v) is 4.10. The molecule has 21 heavy (non-hydrogen) atoms. The molecule has 2 heterocycles. The molecule has 3 aromatic rings. The molecule has 0 aliphatic carbocycles. The third-order valence-electron chi connectivity index (χ3n) is 3.23. The van der Waals surface area contributed by atoms with Gasteiger partial charge in [-0.1, -0.05) is 18.2 Å². The minimum Gasteiger partial charge on any atom is -0.344 e. The maximum atomic E-state index is 12.2. The lowest BCUT2D eigenvalue weighted by Crippen LogP contribution is -2.29. The van der Waals surface area contributed by atoms with E-state index in [0.717, 1.165) is 0 Å². The molecule has 1 N–H and O–H groups in total. The molecule has 2 aromatic heterocycles. The van der Waals surface area contributed by atoms with E-state index < -0.39 is 0 Å². The lowest BCUT2D eigenvalue weighted by atomic mass is 10.2. The van der Waals surface area contributed by atoms with Gasteiger partial charge in [0.1, 0.15) is 5.82 Å². The summed E-state index contributed by atoms with van der Waals surface area (Å²) in [6.07, 6.45) is 0. The van der Waals surface area contributed by atoms with Crippen molar-refractivity contribution in [2.75, 3.05) is 0 Å². The number of nitrogens with zero attached hydrogens (tertiary/aromatic N) is 2. The van der Waals surface area contributed by atoms with Crippen LogP contribution in [0.5, 0.6) is 0 Å². The molecular weight excluding hydrogens is 286 g/mol. The molecule has 0 unspecified atom stereocenters. The van der Waals surface area contributed by atoms with E-state index in [1.54, 1.807) is 25.2 Å². The van der Waals surface area contributed by atoms with Gasteiger partial charge in [-0.25, -0.2) is 4.98 Å². The van der Waals surface area contributed by atoms with Crippen LogP contribution in [0, 0.1) is 0 Å². The van der Waals surface area contributed by atoms with Crippen molar-refractivity contribution in [2.45, 2.75) is 6.54 Å². The number of thiophene rings is 1. The summed E-state index contributed by atoms with van der Waals surface area (Å²) >= 11 is 1.38. The van der Waals surface area contributed by atoms with Crippen LogP contribution in [0.4, 0.5) is 0 Å². The number of aromatic nitrogens is 2. The first kappa shape index (κ1) is 13.5. The molecule has 0 aliphatic rings. The van der Waals surface area contributed by atoms with Crippen LogP contribution in [0.2, 0.25) is 0 Å². The molecule has 6 heteroatoms. The minimum atomic E-state index is -0.160. The summed E-state index contributed by atoms with van der Waals surface area (Å²) in [4.78, 5) is 29.2. The molecule has 0 aliphatic heterocycles. The van der Waals surface area contributed by atoms with Crippen LogP contribution in [-0.2, 0) is 13.6 Å². The summed E-state index contributed by atoms with van der Waals surface area (Å²) in [6.45, 7) is 0.216. The zero-order chi connectivity index (χ0) is 14.8. The number of carbonyl (C=O) groups excluding carboxylic acids is 1. The Hall–Kier alpha value is -2.47. The highest BCUT2D eigenvalue weighted by Crippen LogP contribution is 2.09. The summed E-state index contributed by atoms with van der Waals surface area (Å²) in [5.41, 5.74) is 0.530. The fourth-order valence-electron chi connectivity index (χ4n) is 2.08. The van der Waals surface area contributed by atoms with Crippen molar-refractivity contribution >= 4 is 28.1 Å². The quantitative estimate of drug-likeness (QED) is 0.803. The van der Waals surface area contributed by atoms with Crippen LogP contribution >= 0.6 is 11.3 Å². The predicted molar refractivity (Wildman–Crippen MR) is 82.5 cm³/mol. The van der Waals surface area contributed by atoms with Gasteiger partial charge in [-0.15, -0.1) is 11.3 Å². The van der Waals surface area contributed by atoms with E-state index in [-0.39, 0.29) is 18.0 Å². The van der Waals surface area contributed by atoms with E-state index in [1.807, 2.05) is 23.6 Å². The van der Waals surface area contributed by atoms with E-state index in [1.165, 1.54) is 15.9 Å². The average molecular weight is 299 g/mol. The summed E-state index contributed by atoms with van der Waals surface area (Å²) in [6, 6.07) is 10.8. The van der Waals surface area contributed by atoms with Crippen molar-refractivity contribution in [2.24, 2.45) is 7.05 Å². The number of carbonyl (C=O) groups is 1. The Balaban J connectivity index is 1.89. The average Bonchev–Trinajstić information content (AvgIpc) is 3.03. The van der Waals surface area contributed by atoms with Crippen molar-refractivity contribution in [3.8, 4) is 0 Å². The van der Waals surface area contributed by atoms with Gasteiger partial charge in [-0.3, -0.25) is 14.2 Å². The maximum Gasteiger partial charge on any atom is 0.261 e. The Bertz CT molecular complexity index is 853. The zero-order valence-electron chi connectivity index (χ0n) is 11.4. The Labute approximate surface area is 124 Å². The van der Waals surface area contributed by atoms with E-state index in [9.17, 15) is 9.59 Å². The molecule has 5 nitrogen and oxygen atoms in total. The van der Waals surface area contributed by atoms with Crippen molar-refractivity contribution in [1.29, 1.82) is 0 Å². The number of hydrogen-bond donors (Lipinski definition) is 1. The first-order valence-corrected chi connectivity index (χ1v) is 7.31. The second-order valence-corrected chi connectivity index (χ2v) is 5.52. The fraction of sp³-hybridized carbons (Fsp3) is 0.133. The Morgan fingerprint density at radius 3 is 2.86 bits per heavy atom. The standard InChI is InChI=1S/C15H13N3O2S/c1-18-13(9-16-14(19)12-7-4-8-21-12)17-11-6-3-2-5-10(11)15(18)20/h2-8H,9H2,1H3,(H,16,19). The van der Waals surface area contributed by atoms with Gasteiger partial charge in [-0.2, -0.15) is 0 Å². The summed E-state index contributed by atoms with van der Waals surface area (Å²) in [5, 5.41) is 5.21. The first-order valence-electron chi connectivity index (χ1n) is 6.43. The molecule has 0 fully saturated rings. The summed E-state index contributed by atoms with van der Waals surface area (Å²) in [7, 11) is 1.66. The van der Waals surface area contributed by atoms with Crippen LogP contribution < -0.4 is 10.9 Å². The predicted octanol–water partition coefficient (Wildman–Crippen LogP) is 1.93. The summed E-state index contributed by atoms with van der Waals surface area (Å²) < 4.78 is 1.47. The van der Waals surface area contributed by atoms with Crippen molar-refractivity contribution in [3.63, 3.8) is 0 Å². The monoisotopic (exact) mass is 299 g/mol. The highest BCUT2D eigenvalue weighted by molar-refractivity contribution is 7.12. The lowest BCUT2D eigenvalue weighted by Gasteiger charge is -2.09. The first-order chi connectivity index (χ1) is 10.2. The van der Waals surface area contributed by atoms with E-state index in [2.05, 4.69) is 10.3 Å². The van der Waals surface area contributed by atoms with Gasteiger partial charge in [0.15, 0.2) is 0 Å². The number of para-hydroxylation sites is 1. The second kappa shape index (κ2) is 5.49. The molecule has 1 aromatic carbocycles. The van der Waals surface area contributed by atoms with Gasteiger partial charge in [0.2, 0.25) is 0 Å². The molecule has 0 saturated carbocycles. The van der Waals surface area contributed by atoms with Gasteiger partial charge >= 0.3 is 0 Å². The van der Waals surface area contributed by atoms with Gasteiger partial charge in [-0.05, 0) is 23.6 Å². The second-order valence-electron chi connectivity index (χ2n) is 4.57. The smallest absolute Gasteiger partial charge is 0.261 e. The number of rotatable bonds is 3. The van der Waals surface area contributed by atoms with Crippen molar-refractivity contribution < 1.29 is 4.79 Å². The van der Waals surface area contributed by atoms with Crippen LogP contribution in [0.25, 0.3) is 10.9 Å². The SMILES string of the molecule is Cn1c(CNC(=O)c2cccs2)nc2ccccc2c1=O. The normalized spacial score (nSPS) is 10.7. The van der Waals surface area contributed by atoms with Crippen LogP contribution in [0.3, 0.4) is 0 Å². The molecule has 0 atom stereocenters. The highest BCUT2D eigenvalue weighted by Gasteiger charge is 2.10. The fourth-order valence-corrected chi connectivity index (χ4v) is 2.72. The molecule has 3 rings (SSSR count). The van der Waals surface area contributed by atoms with Crippen molar-refractivity contribution in [3.05, 3.63) is 62.8 Å². The number of benzene rings is 1. The minimum absolute atomic E-state index is 0.110. The number of fused-ring (bicyclic) bond motifs is 1. The molecule has 0 radical (unpaired) electrons. The maximum absolute atomic E-state index is 12.2. The topological polar surface area (TPSA) is 64.0 Å². The van der Waals surface area contributed by atoms with Crippen molar-refractivity contribution in [1.82, 2.24) is 14.9 Å². The lowest BCUT2D eigenvalue weighted by molar-refractivity contribution is 0.0953. The molecule has 106 valence electrons. The van der Waals surface area contributed by atoms with Gasteiger partial charge < -0.3 is 5.32 Å². The highest BCUT2D eigenvalue weighted by atomic mass is 32.1. The largest absolute Gasteiger partial charge is 0.344 e. The Kier molecular flexibility index (Phi) is 3.53.